The zero-order chi connectivity index (χ0) is 11.6. The van der Waals surface area contributed by atoms with E-state index in [9.17, 15) is 9.59 Å². The van der Waals surface area contributed by atoms with Gasteiger partial charge in [0.15, 0.2) is 0 Å². The second-order valence-electron chi connectivity index (χ2n) is 2.32. The third kappa shape index (κ3) is 13.4. The van der Waals surface area contributed by atoms with Crippen LogP contribution in [0.15, 0.2) is 0 Å². The molecule has 0 amide bonds. The van der Waals surface area contributed by atoms with Gasteiger partial charge in [0, 0.05) is 13.2 Å². The number of carboxylic acid groups (broad SMARTS) is 2. The molecular weight excluding hydrogens is 190 g/mol. The predicted molar refractivity (Wildman–Crippen MR) is 50.0 cm³/mol. The third-order valence-electron chi connectivity index (χ3n) is 1.12. The molecule has 0 bridgehead atoms. The van der Waals surface area contributed by atoms with Gasteiger partial charge >= 0.3 is 11.9 Å². The van der Waals surface area contributed by atoms with Crippen LogP contribution < -0.4 is 5.73 Å². The van der Waals surface area contributed by atoms with Gasteiger partial charge in [0.2, 0.25) is 0 Å². The number of hydrogen-bond donors (Lipinski definition) is 3. The first-order valence-corrected chi connectivity index (χ1v) is 4.23. The van der Waals surface area contributed by atoms with Gasteiger partial charge in [0.25, 0.3) is 0 Å². The Balaban J connectivity index is 0. The van der Waals surface area contributed by atoms with Crippen LogP contribution in [-0.4, -0.2) is 41.4 Å². The number of aliphatic carboxylic acids is 2. The fraction of sp³-hybridized carbons (Fsp3) is 0.750. The number of hydrogen-bond acceptors (Lipinski definition) is 4. The minimum atomic E-state index is -1.29. The molecule has 0 aromatic rings. The fourth-order valence-corrected chi connectivity index (χ4v) is 0.480. The van der Waals surface area contributed by atoms with Crippen molar-refractivity contribution in [3.63, 3.8) is 0 Å². The molecule has 0 aromatic carbocycles. The molecule has 84 valence electrons. The molecule has 0 rings (SSSR count). The van der Waals surface area contributed by atoms with Crippen LogP contribution >= 0.6 is 0 Å². The Hall–Kier alpha value is -1.14. The molecular formula is C8H17NO5. The summed E-state index contributed by atoms with van der Waals surface area (Å²) >= 11 is 0. The predicted octanol–water partition coefficient (Wildman–Crippen LogP) is -0.0842. The van der Waals surface area contributed by atoms with Crippen LogP contribution in [0.4, 0.5) is 0 Å². The highest BCUT2D eigenvalue weighted by atomic mass is 16.5. The van der Waals surface area contributed by atoms with E-state index in [-0.39, 0.29) is 0 Å². The summed E-state index contributed by atoms with van der Waals surface area (Å²) in [6.07, 6.45) is -0.532. The molecule has 0 aliphatic rings. The quantitative estimate of drug-likeness (QED) is 0.581. The van der Waals surface area contributed by atoms with Crippen molar-refractivity contribution in [1.29, 1.82) is 0 Å². The summed E-state index contributed by atoms with van der Waals surface area (Å²) in [5.74, 6) is -2.50. The van der Waals surface area contributed by atoms with E-state index in [1.165, 1.54) is 0 Å². The summed E-state index contributed by atoms with van der Waals surface area (Å²) < 4.78 is 4.83. The first kappa shape index (κ1) is 15.3. The van der Waals surface area contributed by atoms with Gasteiger partial charge < -0.3 is 20.7 Å². The molecule has 4 N–H and O–H groups in total. The van der Waals surface area contributed by atoms with Crippen molar-refractivity contribution in [2.45, 2.75) is 26.3 Å². The van der Waals surface area contributed by atoms with E-state index in [0.717, 1.165) is 13.2 Å². The summed E-state index contributed by atoms with van der Waals surface area (Å²) in [5, 5.41) is 16.0. The van der Waals surface area contributed by atoms with Crippen LogP contribution in [-0.2, 0) is 14.3 Å². The Morgan fingerprint density at radius 2 is 1.71 bits per heavy atom. The molecule has 0 saturated heterocycles. The van der Waals surface area contributed by atoms with Crippen LogP contribution in [0.5, 0.6) is 0 Å². The summed E-state index contributed by atoms with van der Waals surface area (Å²) in [5.41, 5.74) is 4.84. The lowest BCUT2D eigenvalue weighted by atomic mass is 10.2. The van der Waals surface area contributed by atoms with Gasteiger partial charge in [-0.1, -0.05) is 0 Å². The Kier molecular flexibility index (Phi) is 10.9. The van der Waals surface area contributed by atoms with Gasteiger partial charge in [-0.25, -0.2) is 0 Å². The lowest BCUT2D eigenvalue weighted by Gasteiger charge is -1.99. The molecule has 1 atom stereocenters. The third-order valence-corrected chi connectivity index (χ3v) is 1.12. The van der Waals surface area contributed by atoms with E-state index in [1.54, 1.807) is 0 Å². The minimum absolute atomic E-state index is 0.532. The first-order valence-electron chi connectivity index (χ1n) is 4.23. The normalized spacial score (nSPS) is 11.1. The number of ether oxygens (including phenoxy) is 1. The summed E-state index contributed by atoms with van der Waals surface area (Å²) in [7, 11) is 0. The van der Waals surface area contributed by atoms with Crippen molar-refractivity contribution < 1.29 is 24.5 Å². The Bertz CT molecular complexity index is 169. The molecule has 0 aromatic heterocycles. The van der Waals surface area contributed by atoms with Crippen molar-refractivity contribution in [2.75, 3.05) is 13.2 Å². The molecule has 0 heterocycles. The molecule has 0 aliphatic carbocycles. The molecule has 0 aliphatic heterocycles. The van der Waals surface area contributed by atoms with Crippen molar-refractivity contribution >= 4 is 11.9 Å². The molecule has 0 radical (unpaired) electrons. The maximum Gasteiger partial charge on any atom is 0.321 e. The Labute approximate surface area is 82.7 Å². The molecule has 6 heteroatoms. The maximum absolute atomic E-state index is 9.85. The SMILES string of the molecule is CCOCC.NC(CC(=O)O)C(=O)O. The molecule has 6 nitrogen and oxygen atoms in total. The highest BCUT2D eigenvalue weighted by Gasteiger charge is 2.14. The molecule has 14 heavy (non-hydrogen) atoms. The van der Waals surface area contributed by atoms with Crippen molar-refractivity contribution in [1.82, 2.24) is 0 Å². The Morgan fingerprint density at radius 3 is 1.79 bits per heavy atom. The first-order chi connectivity index (χ1) is 6.45. The van der Waals surface area contributed by atoms with Gasteiger partial charge in [-0.3, -0.25) is 9.59 Å². The summed E-state index contributed by atoms with van der Waals surface area (Å²) in [6.45, 7) is 5.67. The van der Waals surface area contributed by atoms with Crippen LogP contribution in [0.25, 0.3) is 0 Å². The van der Waals surface area contributed by atoms with E-state index >= 15 is 0 Å². The fourth-order valence-electron chi connectivity index (χ4n) is 0.480. The zero-order valence-corrected chi connectivity index (χ0v) is 8.40. The smallest absolute Gasteiger partial charge is 0.321 e. The lowest BCUT2D eigenvalue weighted by molar-refractivity contribution is -0.144. The van der Waals surface area contributed by atoms with E-state index < -0.39 is 24.4 Å². The van der Waals surface area contributed by atoms with Gasteiger partial charge in [0.1, 0.15) is 6.04 Å². The second-order valence-corrected chi connectivity index (χ2v) is 2.32. The van der Waals surface area contributed by atoms with Crippen LogP contribution in [0.2, 0.25) is 0 Å². The van der Waals surface area contributed by atoms with Crippen LogP contribution in [0, 0.1) is 0 Å². The molecule has 1 unspecified atom stereocenters. The minimum Gasteiger partial charge on any atom is -0.481 e. The van der Waals surface area contributed by atoms with E-state index in [2.05, 4.69) is 0 Å². The second kappa shape index (κ2) is 9.94. The topological polar surface area (TPSA) is 110 Å². The maximum atomic E-state index is 9.85. The standard InChI is InChI=1S/C4H7NO4.C4H10O/c5-2(4(8)9)1-3(6)7;1-3-5-4-2/h2H,1,5H2,(H,6,7)(H,8,9);3-4H2,1-2H3. The van der Waals surface area contributed by atoms with Gasteiger partial charge in [0.05, 0.1) is 6.42 Å². The van der Waals surface area contributed by atoms with E-state index in [4.69, 9.17) is 20.7 Å². The number of carbonyl (C=O) groups is 2. The largest absolute Gasteiger partial charge is 0.481 e. The molecule has 0 fully saturated rings. The van der Waals surface area contributed by atoms with Gasteiger partial charge in [-0.05, 0) is 13.8 Å². The Morgan fingerprint density at radius 1 is 1.29 bits per heavy atom. The monoisotopic (exact) mass is 207 g/mol. The highest BCUT2D eigenvalue weighted by molar-refractivity contribution is 5.80. The average molecular weight is 207 g/mol. The summed E-state index contributed by atoms with van der Waals surface area (Å²) in [6, 6.07) is -1.29. The van der Waals surface area contributed by atoms with E-state index in [0.29, 0.717) is 0 Å². The number of carboxylic acids is 2. The van der Waals surface area contributed by atoms with E-state index in [1.807, 2.05) is 13.8 Å². The van der Waals surface area contributed by atoms with Gasteiger partial charge in [-0.2, -0.15) is 0 Å². The highest BCUT2D eigenvalue weighted by Crippen LogP contribution is 1.86. The average Bonchev–Trinajstić information content (AvgIpc) is 2.05. The zero-order valence-electron chi connectivity index (χ0n) is 8.40. The van der Waals surface area contributed by atoms with Crippen molar-refractivity contribution in [2.24, 2.45) is 5.73 Å². The van der Waals surface area contributed by atoms with Crippen molar-refractivity contribution in [3.8, 4) is 0 Å². The van der Waals surface area contributed by atoms with Gasteiger partial charge in [-0.15, -0.1) is 0 Å². The van der Waals surface area contributed by atoms with Crippen LogP contribution in [0.1, 0.15) is 20.3 Å². The van der Waals surface area contributed by atoms with Crippen molar-refractivity contribution in [3.05, 3.63) is 0 Å². The van der Waals surface area contributed by atoms with Crippen LogP contribution in [0.3, 0.4) is 0 Å². The number of nitrogens with two attached hydrogens (primary N) is 1. The summed E-state index contributed by atoms with van der Waals surface area (Å²) in [4.78, 5) is 19.6. The lowest BCUT2D eigenvalue weighted by Crippen LogP contribution is -2.32. The number of rotatable bonds is 5. The molecule has 0 spiro atoms. The molecule has 0 saturated carbocycles.